The van der Waals surface area contributed by atoms with E-state index in [1.807, 2.05) is 6.92 Å². The van der Waals surface area contributed by atoms with Gasteiger partial charge in [0.2, 0.25) is 0 Å². The number of rotatable bonds is 5. The van der Waals surface area contributed by atoms with E-state index in [9.17, 15) is 15.0 Å². The van der Waals surface area contributed by atoms with Crippen molar-refractivity contribution < 1.29 is 24.5 Å². The lowest BCUT2D eigenvalue weighted by atomic mass is 10.1. The second-order valence-corrected chi connectivity index (χ2v) is 3.38. The summed E-state index contributed by atoms with van der Waals surface area (Å²) in [6.45, 7) is 4.21. The van der Waals surface area contributed by atoms with Crippen molar-refractivity contribution in [3.63, 3.8) is 0 Å². The Balaban J connectivity index is 3.08. The summed E-state index contributed by atoms with van der Waals surface area (Å²) in [5, 5.41) is 19.0. The molecule has 0 bridgehead atoms. The number of aromatic hydroxyl groups is 2. The van der Waals surface area contributed by atoms with Crippen LogP contribution in [0, 0.1) is 0 Å². The molecular formula is C12H16O5. The van der Waals surface area contributed by atoms with E-state index in [1.54, 1.807) is 6.92 Å². The van der Waals surface area contributed by atoms with Gasteiger partial charge in [-0.15, -0.1) is 0 Å². The predicted octanol–water partition coefficient (Wildman–Crippen LogP) is 2.06. The minimum atomic E-state index is -0.705. The molecule has 5 nitrogen and oxygen atoms in total. The maximum atomic E-state index is 11.7. The number of carbonyl (C=O) groups excluding carboxylic acids is 1. The third-order valence-corrected chi connectivity index (χ3v) is 2.06. The Morgan fingerprint density at radius 2 is 2.00 bits per heavy atom. The lowest BCUT2D eigenvalue weighted by Crippen LogP contribution is -2.09. The Hall–Kier alpha value is -1.91. The molecule has 0 radical (unpaired) electrons. The van der Waals surface area contributed by atoms with Crippen molar-refractivity contribution in [2.24, 2.45) is 0 Å². The van der Waals surface area contributed by atoms with Gasteiger partial charge >= 0.3 is 5.97 Å². The highest BCUT2D eigenvalue weighted by Gasteiger charge is 2.21. The number of phenolic OH excluding ortho intramolecular Hbond substituents is 2. The van der Waals surface area contributed by atoms with Gasteiger partial charge in [-0.05, 0) is 25.5 Å². The minimum Gasteiger partial charge on any atom is -0.504 e. The average molecular weight is 240 g/mol. The van der Waals surface area contributed by atoms with Crippen molar-refractivity contribution in [2.75, 3.05) is 13.2 Å². The van der Waals surface area contributed by atoms with Gasteiger partial charge in [0.15, 0.2) is 11.5 Å². The molecule has 0 spiro atoms. The molecule has 0 heterocycles. The van der Waals surface area contributed by atoms with Crippen LogP contribution in [0.25, 0.3) is 0 Å². The van der Waals surface area contributed by atoms with Crippen molar-refractivity contribution in [2.45, 2.75) is 20.3 Å². The second kappa shape index (κ2) is 5.98. The predicted molar refractivity (Wildman–Crippen MR) is 61.5 cm³/mol. The van der Waals surface area contributed by atoms with Crippen molar-refractivity contribution in [3.8, 4) is 17.2 Å². The van der Waals surface area contributed by atoms with Crippen molar-refractivity contribution >= 4 is 5.97 Å². The molecule has 0 saturated heterocycles. The number of carbonyl (C=O) groups is 1. The first-order valence-electron chi connectivity index (χ1n) is 5.46. The molecule has 1 rings (SSSR count). The molecule has 0 saturated carbocycles. The zero-order valence-corrected chi connectivity index (χ0v) is 9.90. The Morgan fingerprint density at radius 1 is 1.29 bits per heavy atom. The fourth-order valence-corrected chi connectivity index (χ4v) is 1.30. The second-order valence-electron chi connectivity index (χ2n) is 3.38. The third-order valence-electron chi connectivity index (χ3n) is 2.06. The maximum absolute atomic E-state index is 11.7. The number of hydrogen-bond acceptors (Lipinski definition) is 5. The van der Waals surface area contributed by atoms with Crippen LogP contribution in [-0.2, 0) is 4.74 Å². The van der Waals surface area contributed by atoms with Crippen LogP contribution >= 0.6 is 0 Å². The van der Waals surface area contributed by atoms with Gasteiger partial charge in [0.05, 0.1) is 13.2 Å². The molecule has 1 aromatic rings. The Morgan fingerprint density at radius 3 is 2.59 bits per heavy atom. The van der Waals surface area contributed by atoms with Gasteiger partial charge in [-0.3, -0.25) is 0 Å². The molecule has 0 atom stereocenters. The van der Waals surface area contributed by atoms with Crippen LogP contribution in [0.4, 0.5) is 0 Å². The zero-order chi connectivity index (χ0) is 12.8. The molecule has 0 aromatic heterocycles. The molecule has 2 N–H and O–H groups in total. The number of benzene rings is 1. The Bertz CT molecular complexity index is 400. The van der Waals surface area contributed by atoms with E-state index in [0.717, 1.165) is 0 Å². The van der Waals surface area contributed by atoms with Gasteiger partial charge in [0.25, 0.3) is 0 Å². The summed E-state index contributed by atoms with van der Waals surface area (Å²) in [4.78, 5) is 11.7. The van der Waals surface area contributed by atoms with E-state index in [4.69, 9.17) is 9.47 Å². The summed E-state index contributed by atoms with van der Waals surface area (Å²) in [6.07, 6.45) is 0.676. The molecule has 5 heteroatoms. The first-order chi connectivity index (χ1) is 8.11. The highest BCUT2D eigenvalue weighted by molar-refractivity contribution is 5.96. The summed E-state index contributed by atoms with van der Waals surface area (Å²) in [6, 6.07) is 2.68. The van der Waals surface area contributed by atoms with E-state index >= 15 is 0 Å². The summed E-state index contributed by atoms with van der Waals surface area (Å²) < 4.78 is 10.1. The largest absolute Gasteiger partial charge is 0.504 e. The smallest absolute Gasteiger partial charge is 0.345 e. The van der Waals surface area contributed by atoms with Crippen LogP contribution in [-0.4, -0.2) is 29.4 Å². The minimum absolute atomic E-state index is 0.139. The summed E-state index contributed by atoms with van der Waals surface area (Å²) in [7, 11) is 0. The van der Waals surface area contributed by atoms with Gasteiger partial charge in [0.1, 0.15) is 11.3 Å². The molecule has 0 fully saturated rings. The van der Waals surface area contributed by atoms with E-state index in [1.165, 1.54) is 12.1 Å². The molecule has 17 heavy (non-hydrogen) atoms. The van der Waals surface area contributed by atoms with Gasteiger partial charge in [-0.25, -0.2) is 4.79 Å². The SMILES string of the molecule is CCCOC(=O)c1c(OCC)ccc(O)c1O. The van der Waals surface area contributed by atoms with Crippen LogP contribution in [0.1, 0.15) is 30.6 Å². The number of esters is 1. The van der Waals surface area contributed by atoms with Crippen LogP contribution < -0.4 is 4.74 Å². The number of hydrogen-bond donors (Lipinski definition) is 2. The first kappa shape index (κ1) is 13.2. The van der Waals surface area contributed by atoms with Gasteiger partial charge in [-0.2, -0.15) is 0 Å². The van der Waals surface area contributed by atoms with Crippen molar-refractivity contribution in [1.29, 1.82) is 0 Å². The van der Waals surface area contributed by atoms with Crippen LogP contribution in [0.5, 0.6) is 17.2 Å². The van der Waals surface area contributed by atoms with E-state index in [2.05, 4.69) is 0 Å². The average Bonchev–Trinajstić information content (AvgIpc) is 2.31. The van der Waals surface area contributed by atoms with Crippen LogP contribution in [0.15, 0.2) is 12.1 Å². The molecule has 0 aliphatic carbocycles. The molecule has 0 aliphatic heterocycles. The lowest BCUT2D eigenvalue weighted by molar-refractivity contribution is 0.0496. The molecule has 94 valence electrons. The van der Waals surface area contributed by atoms with Crippen LogP contribution in [0.2, 0.25) is 0 Å². The number of ether oxygens (including phenoxy) is 2. The molecular weight excluding hydrogens is 224 g/mol. The van der Waals surface area contributed by atoms with E-state index in [-0.39, 0.29) is 23.7 Å². The zero-order valence-electron chi connectivity index (χ0n) is 9.90. The first-order valence-corrected chi connectivity index (χ1v) is 5.46. The van der Waals surface area contributed by atoms with E-state index in [0.29, 0.717) is 13.0 Å². The lowest BCUT2D eigenvalue weighted by Gasteiger charge is -2.12. The standard InChI is InChI=1S/C12H16O5/c1-3-7-17-12(15)10-9(16-4-2)6-5-8(13)11(10)14/h5-6,13-14H,3-4,7H2,1-2H3. The van der Waals surface area contributed by atoms with Gasteiger partial charge < -0.3 is 19.7 Å². The van der Waals surface area contributed by atoms with E-state index < -0.39 is 11.7 Å². The fraction of sp³-hybridized carbons (Fsp3) is 0.417. The molecule has 0 unspecified atom stereocenters. The maximum Gasteiger partial charge on any atom is 0.345 e. The number of phenols is 2. The highest BCUT2D eigenvalue weighted by atomic mass is 16.5. The van der Waals surface area contributed by atoms with Crippen LogP contribution in [0.3, 0.4) is 0 Å². The normalized spacial score (nSPS) is 10.0. The summed E-state index contributed by atoms with van der Waals surface area (Å²) >= 11 is 0. The molecule has 0 aliphatic rings. The van der Waals surface area contributed by atoms with Crippen molar-refractivity contribution in [3.05, 3.63) is 17.7 Å². The quantitative estimate of drug-likeness (QED) is 0.608. The third kappa shape index (κ3) is 3.03. The fourth-order valence-electron chi connectivity index (χ4n) is 1.30. The molecule has 0 amide bonds. The molecule has 1 aromatic carbocycles. The summed E-state index contributed by atoms with van der Waals surface area (Å²) in [5.41, 5.74) is -0.139. The Labute approximate surface area is 99.6 Å². The highest BCUT2D eigenvalue weighted by Crippen LogP contribution is 2.36. The summed E-state index contributed by atoms with van der Waals surface area (Å²) in [5.74, 6) is -1.40. The van der Waals surface area contributed by atoms with Gasteiger partial charge in [0, 0.05) is 0 Å². The van der Waals surface area contributed by atoms with Crippen molar-refractivity contribution in [1.82, 2.24) is 0 Å². The topological polar surface area (TPSA) is 76.0 Å². The Kier molecular flexibility index (Phi) is 4.63. The van der Waals surface area contributed by atoms with Gasteiger partial charge in [-0.1, -0.05) is 6.92 Å². The monoisotopic (exact) mass is 240 g/mol.